The lowest BCUT2D eigenvalue weighted by molar-refractivity contribution is 0.102. The number of para-hydroxylation sites is 1. The van der Waals surface area contributed by atoms with E-state index in [9.17, 15) is 9.18 Å². The first-order chi connectivity index (χ1) is 10.1. The average molecular weight is 302 g/mol. The maximum absolute atomic E-state index is 13.7. The lowest BCUT2D eigenvalue weighted by Gasteiger charge is -2.10. The molecule has 2 rings (SSSR count). The number of benzene rings is 2. The highest BCUT2D eigenvalue weighted by Gasteiger charge is 2.13. The zero-order chi connectivity index (χ0) is 15.2. The molecule has 0 saturated carbocycles. The maximum Gasteiger partial charge on any atom is 0.258 e. The fourth-order valence-electron chi connectivity index (χ4n) is 1.75. The van der Waals surface area contributed by atoms with Crippen molar-refractivity contribution in [3.63, 3.8) is 0 Å². The molecule has 0 heterocycles. The molecule has 5 heteroatoms. The number of hydrogen-bond acceptors (Lipinski definition) is 3. The van der Waals surface area contributed by atoms with Gasteiger partial charge in [0.15, 0.2) is 0 Å². The predicted octanol–water partition coefficient (Wildman–Crippen LogP) is 3.94. The van der Waals surface area contributed by atoms with Crippen molar-refractivity contribution in [3.05, 3.63) is 66.5 Å². The molecule has 0 spiro atoms. The number of nitrogen functional groups attached to an aromatic ring is 1. The van der Waals surface area contributed by atoms with E-state index in [4.69, 9.17) is 5.73 Å². The summed E-state index contributed by atoms with van der Waals surface area (Å²) >= 11 is 1.54. The molecule has 1 amide bonds. The molecule has 0 aliphatic rings. The Morgan fingerprint density at radius 3 is 2.81 bits per heavy atom. The lowest BCUT2D eigenvalue weighted by atomic mass is 10.1. The fraction of sp³-hybridized carbons (Fsp3) is 0.0625. The van der Waals surface area contributed by atoms with E-state index >= 15 is 0 Å². The average Bonchev–Trinajstić information content (AvgIpc) is 2.46. The van der Waals surface area contributed by atoms with Crippen molar-refractivity contribution in [3.8, 4) is 0 Å². The number of nitrogens with two attached hydrogens (primary N) is 1. The van der Waals surface area contributed by atoms with Crippen molar-refractivity contribution in [2.24, 2.45) is 0 Å². The van der Waals surface area contributed by atoms with E-state index < -0.39 is 11.7 Å². The number of carbonyl (C=O) groups excluding carboxylic acids is 1. The molecule has 2 aromatic carbocycles. The van der Waals surface area contributed by atoms with Crippen LogP contribution < -0.4 is 11.1 Å². The molecule has 0 aliphatic carbocycles. The van der Waals surface area contributed by atoms with Gasteiger partial charge in [-0.15, -0.1) is 18.3 Å². The van der Waals surface area contributed by atoms with Gasteiger partial charge >= 0.3 is 0 Å². The summed E-state index contributed by atoms with van der Waals surface area (Å²) < 4.78 is 13.7. The van der Waals surface area contributed by atoms with E-state index in [1.165, 1.54) is 12.1 Å². The third-order valence-corrected chi connectivity index (χ3v) is 3.80. The van der Waals surface area contributed by atoms with Crippen LogP contribution >= 0.6 is 11.8 Å². The number of thioether (sulfide) groups is 1. The normalized spacial score (nSPS) is 10.1. The molecule has 0 atom stereocenters. The monoisotopic (exact) mass is 302 g/mol. The van der Waals surface area contributed by atoms with Crippen LogP contribution in [-0.2, 0) is 0 Å². The second-order valence-corrected chi connectivity index (χ2v) is 5.35. The summed E-state index contributed by atoms with van der Waals surface area (Å²) in [4.78, 5) is 13.1. The Labute approximate surface area is 127 Å². The highest BCUT2D eigenvalue weighted by Crippen LogP contribution is 2.27. The molecule has 3 nitrogen and oxygen atoms in total. The van der Waals surface area contributed by atoms with Crippen molar-refractivity contribution < 1.29 is 9.18 Å². The molecular weight excluding hydrogens is 287 g/mol. The molecular formula is C16H15FN2OS. The minimum Gasteiger partial charge on any atom is -0.399 e. The van der Waals surface area contributed by atoms with E-state index in [1.54, 1.807) is 23.9 Å². The molecule has 3 N–H and O–H groups in total. The molecule has 0 radical (unpaired) electrons. The number of amides is 1. The molecule has 2 aromatic rings. The van der Waals surface area contributed by atoms with E-state index in [2.05, 4.69) is 11.9 Å². The van der Waals surface area contributed by atoms with Crippen molar-refractivity contribution in [1.82, 2.24) is 0 Å². The zero-order valence-corrected chi connectivity index (χ0v) is 12.1. The van der Waals surface area contributed by atoms with Crippen LogP contribution in [0.1, 0.15) is 10.4 Å². The summed E-state index contributed by atoms with van der Waals surface area (Å²) in [6, 6.07) is 11.4. The predicted molar refractivity (Wildman–Crippen MR) is 86.1 cm³/mol. The summed E-state index contributed by atoms with van der Waals surface area (Å²) in [6.45, 7) is 3.66. The van der Waals surface area contributed by atoms with Crippen LogP contribution in [0.4, 0.5) is 15.8 Å². The van der Waals surface area contributed by atoms with Gasteiger partial charge in [0.2, 0.25) is 0 Å². The van der Waals surface area contributed by atoms with Gasteiger partial charge in [0.05, 0.1) is 11.3 Å². The van der Waals surface area contributed by atoms with Gasteiger partial charge in [0.1, 0.15) is 5.82 Å². The molecule has 0 aliphatic heterocycles. The Bertz CT molecular complexity index is 673. The second-order valence-electron chi connectivity index (χ2n) is 4.29. The van der Waals surface area contributed by atoms with E-state index in [0.717, 1.165) is 16.7 Å². The smallest absolute Gasteiger partial charge is 0.258 e. The van der Waals surface area contributed by atoms with Gasteiger partial charge in [0.25, 0.3) is 5.91 Å². The summed E-state index contributed by atoms with van der Waals surface area (Å²) in [5.74, 6) is -0.411. The number of carbonyl (C=O) groups is 1. The first-order valence-corrected chi connectivity index (χ1v) is 7.29. The minimum atomic E-state index is -0.635. The van der Waals surface area contributed by atoms with Gasteiger partial charge in [-0.25, -0.2) is 4.39 Å². The Kier molecular flexibility index (Phi) is 5.00. The van der Waals surface area contributed by atoms with Crippen molar-refractivity contribution in [2.75, 3.05) is 16.8 Å². The van der Waals surface area contributed by atoms with Crippen LogP contribution in [0.3, 0.4) is 0 Å². The maximum atomic E-state index is 13.7. The van der Waals surface area contributed by atoms with Crippen LogP contribution in [0, 0.1) is 5.82 Å². The molecule has 0 aromatic heterocycles. The summed E-state index contributed by atoms with van der Waals surface area (Å²) in [6.07, 6.45) is 1.78. The van der Waals surface area contributed by atoms with Gasteiger partial charge in [-0.1, -0.05) is 18.2 Å². The van der Waals surface area contributed by atoms with Crippen molar-refractivity contribution in [2.45, 2.75) is 4.90 Å². The van der Waals surface area contributed by atoms with Crippen LogP contribution in [0.2, 0.25) is 0 Å². The quantitative estimate of drug-likeness (QED) is 0.500. The lowest BCUT2D eigenvalue weighted by Crippen LogP contribution is -2.14. The third-order valence-electron chi connectivity index (χ3n) is 2.73. The van der Waals surface area contributed by atoms with E-state index in [1.807, 2.05) is 18.2 Å². The molecule has 0 bridgehead atoms. The third kappa shape index (κ3) is 3.86. The zero-order valence-electron chi connectivity index (χ0n) is 11.3. The summed E-state index contributed by atoms with van der Waals surface area (Å²) in [5.41, 5.74) is 6.37. The van der Waals surface area contributed by atoms with Gasteiger partial charge in [0, 0.05) is 16.3 Å². The number of anilines is 2. The Morgan fingerprint density at radius 2 is 2.10 bits per heavy atom. The van der Waals surface area contributed by atoms with Crippen LogP contribution in [-0.4, -0.2) is 11.7 Å². The first kappa shape index (κ1) is 15.1. The topological polar surface area (TPSA) is 55.1 Å². The fourth-order valence-corrected chi connectivity index (χ4v) is 2.50. The molecule has 21 heavy (non-hydrogen) atoms. The standard InChI is InChI=1S/C16H15FN2OS/c1-2-9-21-15-6-4-3-5-14(15)19-16(20)12-8-7-11(18)10-13(12)17/h2-8,10H,1,9,18H2,(H,19,20). The van der Waals surface area contributed by atoms with Crippen molar-refractivity contribution >= 4 is 29.0 Å². The van der Waals surface area contributed by atoms with Crippen molar-refractivity contribution in [1.29, 1.82) is 0 Å². The highest BCUT2D eigenvalue weighted by atomic mass is 32.2. The van der Waals surface area contributed by atoms with Gasteiger partial charge in [-0.2, -0.15) is 0 Å². The van der Waals surface area contributed by atoms with Gasteiger partial charge < -0.3 is 11.1 Å². The van der Waals surface area contributed by atoms with E-state index in [-0.39, 0.29) is 11.3 Å². The first-order valence-electron chi connectivity index (χ1n) is 6.31. The van der Waals surface area contributed by atoms with Gasteiger partial charge in [-0.3, -0.25) is 4.79 Å². The minimum absolute atomic E-state index is 0.0345. The summed E-state index contributed by atoms with van der Waals surface area (Å²) in [7, 11) is 0. The largest absolute Gasteiger partial charge is 0.399 e. The van der Waals surface area contributed by atoms with Crippen LogP contribution in [0.15, 0.2) is 60.0 Å². The number of nitrogens with one attached hydrogen (secondary N) is 1. The Hall–Kier alpha value is -2.27. The van der Waals surface area contributed by atoms with Gasteiger partial charge in [-0.05, 0) is 30.3 Å². The molecule has 108 valence electrons. The Morgan fingerprint density at radius 1 is 1.33 bits per heavy atom. The van der Waals surface area contributed by atoms with Crippen LogP contribution in [0.25, 0.3) is 0 Å². The SMILES string of the molecule is C=CCSc1ccccc1NC(=O)c1ccc(N)cc1F. The van der Waals surface area contributed by atoms with E-state index in [0.29, 0.717) is 5.69 Å². The molecule has 0 saturated heterocycles. The number of hydrogen-bond donors (Lipinski definition) is 2. The highest BCUT2D eigenvalue weighted by molar-refractivity contribution is 7.99. The summed E-state index contributed by atoms with van der Waals surface area (Å²) in [5, 5.41) is 2.72. The number of halogens is 1. The Balaban J connectivity index is 2.21. The second kappa shape index (κ2) is 6.95. The van der Waals surface area contributed by atoms with Crippen LogP contribution in [0.5, 0.6) is 0 Å². The molecule has 0 fully saturated rings. The number of rotatable bonds is 5. The molecule has 0 unspecified atom stereocenters.